The van der Waals surface area contributed by atoms with Crippen molar-refractivity contribution in [2.75, 3.05) is 0 Å². The first-order valence-electron chi connectivity index (χ1n) is 10.8. The van der Waals surface area contributed by atoms with Gasteiger partial charge in [0.1, 0.15) is 22.7 Å². The third-order valence-electron chi connectivity index (χ3n) is 5.39. The minimum Gasteiger partial charge on any atom is -0.467 e. The second-order valence-electron chi connectivity index (χ2n) is 7.74. The molecule has 1 amide bonds. The van der Waals surface area contributed by atoms with Crippen LogP contribution in [-0.2, 0) is 6.54 Å². The number of esters is 1. The topological polar surface area (TPSA) is 98.8 Å². The van der Waals surface area contributed by atoms with Gasteiger partial charge < -0.3 is 18.9 Å². The molecular weight excluding hydrogens is 446 g/mol. The summed E-state index contributed by atoms with van der Waals surface area (Å²) in [5.74, 6) is -0.343. The van der Waals surface area contributed by atoms with Gasteiger partial charge in [0.05, 0.1) is 18.4 Å². The van der Waals surface area contributed by atoms with E-state index in [1.54, 1.807) is 36.4 Å². The van der Waals surface area contributed by atoms with E-state index in [1.165, 1.54) is 18.4 Å². The SMILES string of the molecule is O=C(Oc1ccc2cc(C(=O)NCc3ccco3)c(=O)oc2c1)c1ccc(-c2ccccc2)cc1. The van der Waals surface area contributed by atoms with Crippen LogP contribution in [0.1, 0.15) is 26.5 Å². The van der Waals surface area contributed by atoms with Gasteiger partial charge in [-0.3, -0.25) is 4.79 Å². The number of carbonyl (C=O) groups excluding carboxylic acids is 2. The third kappa shape index (κ3) is 4.89. The van der Waals surface area contributed by atoms with Crippen LogP contribution in [0.15, 0.2) is 111 Å². The van der Waals surface area contributed by atoms with E-state index in [0.29, 0.717) is 16.7 Å². The van der Waals surface area contributed by atoms with E-state index in [1.807, 2.05) is 42.5 Å². The van der Waals surface area contributed by atoms with E-state index in [2.05, 4.69) is 5.32 Å². The molecule has 1 N–H and O–H groups in total. The van der Waals surface area contributed by atoms with Crippen molar-refractivity contribution < 1.29 is 23.2 Å². The quantitative estimate of drug-likeness (QED) is 0.210. The molecule has 2 aromatic heterocycles. The summed E-state index contributed by atoms with van der Waals surface area (Å²) >= 11 is 0. The lowest BCUT2D eigenvalue weighted by Crippen LogP contribution is -2.27. The van der Waals surface area contributed by atoms with Crippen LogP contribution in [0.3, 0.4) is 0 Å². The molecule has 2 heterocycles. The number of ether oxygens (including phenoxy) is 1. The largest absolute Gasteiger partial charge is 0.467 e. The maximum Gasteiger partial charge on any atom is 0.349 e. The summed E-state index contributed by atoms with van der Waals surface area (Å²) < 4.78 is 15.9. The van der Waals surface area contributed by atoms with E-state index in [9.17, 15) is 14.4 Å². The first kappa shape index (κ1) is 21.9. The Bertz CT molecular complexity index is 1550. The Kier molecular flexibility index (Phi) is 5.96. The van der Waals surface area contributed by atoms with Crippen LogP contribution in [0.5, 0.6) is 5.75 Å². The fourth-order valence-electron chi connectivity index (χ4n) is 3.58. The molecule has 7 nitrogen and oxygen atoms in total. The highest BCUT2D eigenvalue weighted by Gasteiger charge is 2.15. The van der Waals surface area contributed by atoms with Crippen molar-refractivity contribution in [2.45, 2.75) is 6.54 Å². The summed E-state index contributed by atoms with van der Waals surface area (Å²) in [4.78, 5) is 37.4. The predicted molar refractivity (Wildman–Crippen MR) is 129 cm³/mol. The van der Waals surface area contributed by atoms with Gasteiger partial charge in [-0.2, -0.15) is 0 Å². The second kappa shape index (κ2) is 9.52. The Hall–Kier alpha value is -4.91. The number of hydrogen-bond acceptors (Lipinski definition) is 6. The van der Waals surface area contributed by atoms with Gasteiger partial charge in [-0.15, -0.1) is 0 Å². The molecule has 0 saturated heterocycles. The molecule has 0 atom stereocenters. The molecule has 7 heteroatoms. The van der Waals surface area contributed by atoms with Crippen LogP contribution in [0, 0.1) is 0 Å². The van der Waals surface area contributed by atoms with Crippen molar-refractivity contribution in [3.63, 3.8) is 0 Å². The first-order chi connectivity index (χ1) is 17.1. The Morgan fingerprint density at radius 1 is 0.829 bits per heavy atom. The summed E-state index contributed by atoms with van der Waals surface area (Å²) in [7, 11) is 0. The maximum absolute atomic E-state index is 12.6. The van der Waals surface area contributed by atoms with Crippen molar-refractivity contribution in [2.24, 2.45) is 0 Å². The molecule has 5 rings (SSSR count). The van der Waals surface area contributed by atoms with E-state index in [-0.39, 0.29) is 23.4 Å². The molecule has 5 aromatic rings. The highest BCUT2D eigenvalue weighted by atomic mass is 16.5. The lowest BCUT2D eigenvalue weighted by atomic mass is 10.0. The summed E-state index contributed by atoms with van der Waals surface area (Å²) in [6, 6.07) is 26.4. The number of rotatable bonds is 6. The van der Waals surface area contributed by atoms with Crippen molar-refractivity contribution in [3.05, 3.63) is 125 Å². The number of furan rings is 1. The highest BCUT2D eigenvalue weighted by Crippen LogP contribution is 2.23. The second-order valence-corrected chi connectivity index (χ2v) is 7.74. The average Bonchev–Trinajstić information content (AvgIpc) is 3.41. The molecule has 0 bridgehead atoms. The van der Waals surface area contributed by atoms with E-state index in [0.717, 1.165) is 11.1 Å². The van der Waals surface area contributed by atoms with Gasteiger partial charge in [-0.25, -0.2) is 9.59 Å². The molecule has 0 spiro atoms. The van der Waals surface area contributed by atoms with Gasteiger partial charge in [-0.1, -0.05) is 42.5 Å². The first-order valence-corrected chi connectivity index (χ1v) is 10.8. The smallest absolute Gasteiger partial charge is 0.349 e. The Morgan fingerprint density at radius 3 is 2.34 bits per heavy atom. The highest BCUT2D eigenvalue weighted by molar-refractivity contribution is 5.97. The van der Waals surface area contributed by atoms with Gasteiger partial charge in [0.25, 0.3) is 5.91 Å². The molecule has 35 heavy (non-hydrogen) atoms. The molecule has 172 valence electrons. The zero-order valence-corrected chi connectivity index (χ0v) is 18.4. The van der Waals surface area contributed by atoms with Crippen LogP contribution in [0.4, 0.5) is 0 Å². The lowest BCUT2D eigenvalue weighted by molar-refractivity contribution is 0.0734. The number of amides is 1. The van der Waals surface area contributed by atoms with Crippen LogP contribution in [-0.4, -0.2) is 11.9 Å². The van der Waals surface area contributed by atoms with Gasteiger partial charge in [-0.05, 0) is 53.6 Å². The van der Waals surface area contributed by atoms with Crippen LogP contribution < -0.4 is 15.7 Å². The fraction of sp³-hybridized carbons (Fsp3) is 0.0357. The number of benzene rings is 3. The molecule has 0 fully saturated rings. The standard InChI is InChI=1S/C28H19NO6/c30-26(29-17-23-7-4-14-33-23)24-15-21-12-13-22(16-25(21)35-28(24)32)34-27(31)20-10-8-19(9-11-20)18-5-2-1-3-6-18/h1-16H,17H2,(H,29,30). The number of hydrogen-bond donors (Lipinski definition) is 1. The molecule has 0 saturated carbocycles. The Morgan fingerprint density at radius 2 is 1.60 bits per heavy atom. The van der Waals surface area contributed by atoms with Crippen LogP contribution >= 0.6 is 0 Å². The number of carbonyl (C=O) groups is 2. The summed E-state index contributed by atoms with van der Waals surface area (Å²) in [6.07, 6.45) is 1.50. The maximum atomic E-state index is 12.6. The van der Waals surface area contributed by atoms with Gasteiger partial charge in [0.15, 0.2) is 0 Å². The zero-order valence-electron chi connectivity index (χ0n) is 18.4. The summed E-state index contributed by atoms with van der Waals surface area (Å²) in [5.41, 5.74) is 1.68. The van der Waals surface area contributed by atoms with E-state index >= 15 is 0 Å². The normalized spacial score (nSPS) is 10.7. The van der Waals surface area contributed by atoms with Crippen molar-refractivity contribution in [1.29, 1.82) is 0 Å². The number of nitrogens with one attached hydrogen (secondary N) is 1. The third-order valence-corrected chi connectivity index (χ3v) is 5.39. The van der Waals surface area contributed by atoms with Gasteiger partial charge in [0.2, 0.25) is 0 Å². The van der Waals surface area contributed by atoms with E-state index < -0.39 is 17.5 Å². The molecule has 0 radical (unpaired) electrons. The summed E-state index contributed by atoms with van der Waals surface area (Å²) in [6.45, 7) is 0.143. The predicted octanol–water partition coefficient (Wildman–Crippen LogP) is 5.20. The van der Waals surface area contributed by atoms with Gasteiger partial charge >= 0.3 is 11.6 Å². The molecule has 0 unspecified atom stereocenters. The Balaban J connectivity index is 1.30. The van der Waals surface area contributed by atoms with Gasteiger partial charge in [0, 0.05) is 11.5 Å². The van der Waals surface area contributed by atoms with E-state index in [4.69, 9.17) is 13.6 Å². The van der Waals surface area contributed by atoms with Crippen molar-refractivity contribution >= 4 is 22.8 Å². The fourth-order valence-corrected chi connectivity index (χ4v) is 3.58. The Labute approximate surface area is 199 Å². The lowest BCUT2D eigenvalue weighted by Gasteiger charge is -2.07. The molecule has 0 aliphatic rings. The monoisotopic (exact) mass is 465 g/mol. The van der Waals surface area contributed by atoms with Crippen LogP contribution in [0.25, 0.3) is 22.1 Å². The van der Waals surface area contributed by atoms with Crippen molar-refractivity contribution in [3.8, 4) is 16.9 Å². The minimum atomic E-state index is -0.797. The van der Waals surface area contributed by atoms with Crippen molar-refractivity contribution in [1.82, 2.24) is 5.32 Å². The van der Waals surface area contributed by atoms with Crippen LogP contribution in [0.2, 0.25) is 0 Å². The minimum absolute atomic E-state index is 0.132. The number of fused-ring (bicyclic) bond motifs is 1. The average molecular weight is 465 g/mol. The molecular formula is C28H19NO6. The zero-order chi connectivity index (χ0) is 24.2. The molecule has 3 aromatic carbocycles. The molecule has 0 aliphatic heterocycles. The summed E-state index contributed by atoms with van der Waals surface area (Å²) in [5, 5.41) is 3.13. The molecule has 0 aliphatic carbocycles.